The van der Waals surface area contributed by atoms with E-state index in [-0.39, 0.29) is 5.78 Å². The maximum atomic E-state index is 12.2. The van der Waals surface area contributed by atoms with E-state index in [2.05, 4.69) is 9.80 Å². The number of carbonyl (C=O) groups excluding carboxylic acids is 1. The van der Waals surface area contributed by atoms with Gasteiger partial charge < -0.3 is 9.80 Å². The highest BCUT2D eigenvalue weighted by Gasteiger charge is 2.25. The van der Waals surface area contributed by atoms with Gasteiger partial charge in [0, 0.05) is 42.0 Å². The van der Waals surface area contributed by atoms with Crippen molar-refractivity contribution in [2.75, 3.05) is 26.2 Å². The molecule has 2 heterocycles. The minimum absolute atomic E-state index is 0.0449. The van der Waals surface area contributed by atoms with Gasteiger partial charge in [0.1, 0.15) is 0 Å². The molecule has 3 rings (SSSR count). The summed E-state index contributed by atoms with van der Waals surface area (Å²) >= 11 is 5.85. The molecular weight excluding hydrogens is 296 g/mol. The van der Waals surface area contributed by atoms with Gasteiger partial charge in [-0.3, -0.25) is 4.79 Å². The van der Waals surface area contributed by atoms with Crippen LogP contribution < -0.4 is 0 Å². The van der Waals surface area contributed by atoms with Crippen LogP contribution in [0.1, 0.15) is 36.0 Å². The van der Waals surface area contributed by atoms with E-state index in [1.807, 2.05) is 6.20 Å². The number of benzene rings is 1. The molecule has 0 aromatic heterocycles. The summed E-state index contributed by atoms with van der Waals surface area (Å²) in [6, 6.07) is 7.64. The maximum absolute atomic E-state index is 12.2. The first-order chi connectivity index (χ1) is 10.7. The molecule has 3 nitrogen and oxygen atoms in total. The number of rotatable bonds is 5. The molecule has 0 bridgehead atoms. The predicted octanol–water partition coefficient (Wildman–Crippen LogP) is 3.60. The molecule has 0 N–H and O–H groups in total. The number of hydrogen-bond acceptors (Lipinski definition) is 3. The Bertz CT molecular complexity index is 535. The Balaban J connectivity index is 1.58. The summed E-state index contributed by atoms with van der Waals surface area (Å²) < 4.78 is 0. The van der Waals surface area contributed by atoms with Crippen LogP contribution in [0.25, 0.3) is 0 Å². The minimum Gasteiger partial charge on any atom is -0.373 e. The topological polar surface area (TPSA) is 23.6 Å². The van der Waals surface area contributed by atoms with E-state index < -0.39 is 0 Å². The number of carbonyl (C=O) groups is 1. The fourth-order valence-electron chi connectivity index (χ4n) is 3.39. The average molecular weight is 319 g/mol. The Morgan fingerprint density at radius 1 is 1.14 bits per heavy atom. The van der Waals surface area contributed by atoms with Crippen molar-refractivity contribution in [3.05, 3.63) is 47.1 Å². The van der Waals surface area contributed by atoms with E-state index in [1.165, 1.54) is 38.8 Å². The maximum Gasteiger partial charge on any atom is 0.187 e. The van der Waals surface area contributed by atoms with Gasteiger partial charge in [0.05, 0.1) is 0 Å². The third-order valence-corrected chi connectivity index (χ3v) is 4.89. The largest absolute Gasteiger partial charge is 0.373 e. The highest BCUT2D eigenvalue weighted by atomic mass is 35.5. The normalized spacial score (nSPS) is 22.8. The van der Waals surface area contributed by atoms with E-state index in [0.29, 0.717) is 16.6 Å². The fourth-order valence-corrected chi connectivity index (χ4v) is 3.51. The van der Waals surface area contributed by atoms with E-state index in [9.17, 15) is 4.79 Å². The van der Waals surface area contributed by atoms with E-state index in [1.54, 1.807) is 30.3 Å². The van der Waals surface area contributed by atoms with Gasteiger partial charge in [-0.05, 0) is 63.0 Å². The Labute approximate surface area is 137 Å². The molecule has 0 unspecified atom stereocenters. The molecule has 0 saturated carbocycles. The van der Waals surface area contributed by atoms with Crippen LogP contribution >= 0.6 is 11.6 Å². The van der Waals surface area contributed by atoms with Crippen molar-refractivity contribution in [1.29, 1.82) is 0 Å². The zero-order valence-electron chi connectivity index (χ0n) is 12.9. The van der Waals surface area contributed by atoms with Crippen LogP contribution in [0.15, 0.2) is 36.5 Å². The second-order valence-electron chi connectivity index (χ2n) is 6.23. The van der Waals surface area contributed by atoms with Crippen molar-refractivity contribution in [3.8, 4) is 0 Å². The first-order valence-corrected chi connectivity index (χ1v) is 8.56. The molecule has 1 aromatic carbocycles. The van der Waals surface area contributed by atoms with Gasteiger partial charge in [0.2, 0.25) is 0 Å². The smallest absolute Gasteiger partial charge is 0.187 e. The Hall–Kier alpha value is -1.32. The Kier molecular flexibility index (Phi) is 5.16. The second kappa shape index (κ2) is 7.30. The molecule has 0 radical (unpaired) electrons. The summed E-state index contributed by atoms with van der Waals surface area (Å²) in [6.07, 6.45) is 8.80. The van der Waals surface area contributed by atoms with Crippen LogP contribution in [-0.2, 0) is 0 Å². The second-order valence-corrected chi connectivity index (χ2v) is 6.66. The van der Waals surface area contributed by atoms with Crippen molar-refractivity contribution in [1.82, 2.24) is 9.80 Å². The summed E-state index contributed by atoms with van der Waals surface area (Å²) in [4.78, 5) is 17.1. The summed E-state index contributed by atoms with van der Waals surface area (Å²) in [5.74, 6) is 0.0449. The number of allylic oxidation sites excluding steroid dienone is 1. The fraction of sp³-hybridized carbons (Fsp3) is 0.500. The third-order valence-electron chi connectivity index (χ3n) is 4.64. The first kappa shape index (κ1) is 15.6. The van der Waals surface area contributed by atoms with Crippen molar-refractivity contribution >= 4 is 17.4 Å². The molecule has 0 spiro atoms. The van der Waals surface area contributed by atoms with Gasteiger partial charge in [0.25, 0.3) is 0 Å². The zero-order valence-corrected chi connectivity index (χ0v) is 13.6. The molecule has 1 atom stereocenters. The third kappa shape index (κ3) is 3.90. The summed E-state index contributed by atoms with van der Waals surface area (Å²) in [6.45, 7) is 4.66. The molecular formula is C18H23ClN2O. The Morgan fingerprint density at radius 2 is 1.86 bits per heavy atom. The molecule has 22 heavy (non-hydrogen) atoms. The highest BCUT2D eigenvalue weighted by Crippen LogP contribution is 2.21. The lowest BCUT2D eigenvalue weighted by Crippen LogP contribution is -2.36. The number of halogens is 1. The van der Waals surface area contributed by atoms with Crippen LogP contribution in [0.3, 0.4) is 0 Å². The number of nitrogens with zero attached hydrogens (tertiary/aromatic N) is 2. The zero-order chi connectivity index (χ0) is 15.4. The lowest BCUT2D eigenvalue weighted by Gasteiger charge is -2.27. The van der Waals surface area contributed by atoms with Gasteiger partial charge in [-0.2, -0.15) is 0 Å². The lowest BCUT2D eigenvalue weighted by molar-refractivity contribution is 0.104. The van der Waals surface area contributed by atoms with Gasteiger partial charge >= 0.3 is 0 Å². The molecule has 0 aliphatic carbocycles. The van der Waals surface area contributed by atoms with Gasteiger partial charge in [-0.25, -0.2) is 0 Å². The SMILES string of the molecule is O=C(/C=C/N1CCC[C@H]1CN1CCCC1)c1ccc(Cl)cc1. The number of ketones is 1. The van der Waals surface area contributed by atoms with Crippen molar-refractivity contribution < 1.29 is 4.79 Å². The standard InChI is InChI=1S/C18H23ClN2O/c19-16-7-5-15(6-8-16)18(22)9-13-21-12-3-4-17(21)14-20-10-1-2-11-20/h5-9,13,17H,1-4,10-12,14H2/b13-9+/t17-/m0/s1. The monoisotopic (exact) mass is 318 g/mol. The van der Waals surface area contributed by atoms with Crippen LogP contribution in [0, 0.1) is 0 Å². The van der Waals surface area contributed by atoms with E-state index >= 15 is 0 Å². The molecule has 2 aliphatic rings. The van der Waals surface area contributed by atoms with Crippen molar-refractivity contribution in [3.63, 3.8) is 0 Å². The minimum atomic E-state index is 0.0449. The summed E-state index contributed by atoms with van der Waals surface area (Å²) in [5, 5.41) is 0.658. The van der Waals surface area contributed by atoms with Crippen molar-refractivity contribution in [2.24, 2.45) is 0 Å². The van der Waals surface area contributed by atoms with Crippen molar-refractivity contribution in [2.45, 2.75) is 31.7 Å². The molecule has 118 valence electrons. The van der Waals surface area contributed by atoms with Crippen LogP contribution in [0.2, 0.25) is 5.02 Å². The number of likely N-dealkylation sites (tertiary alicyclic amines) is 2. The lowest BCUT2D eigenvalue weighted by atomic mass is 10.1. The number of hydrogen-bond donors (Lipinski definition) is 0. The van der Waals surface area contributed by atoms with Crippen LogP contribution in [0.4, 0.5) is 0 Å². The Morgan fingerprint density at radius 3 is 2.59 bits per heavy atom. The molecule has 0 amide bonds. The van der Waals surface area contributed by atoms with Gasteiger partial charge in [0.15, 0.2) is 5.78 Å². The molecule has 1 aromatic rings. The molecule has 2 fully saturated rings. The average Bonchev–Trinajstić information content (AvgIpc) is 3.18. The van der Waals surface area contributed by atoms with E-state index in [4.69, 9.17) is 11.6 Å². The first-order valence-electron chi connectivity index (χ1n) is 8.18. The van der Waals surface area contributed by atoms with Gasteiger partial charge in [-0.15, -0.1) is 0 Å². The van der Waals surface area contributed by atoms with Crippen LogP contribution in [0.5, 0.6) is 0 Å². The summed E-state index contributed by atoms with van der Waals surface area (Å²) in [7, 11) is 0. The summed E-state index contributed by atoms with van der Waals surface area (Å²) in [5.41, 5.74) is 0.691. The predicted molar refractivity (Wildman–Crippen MR) is 90.3 cm³/mol. The van der Waals surface area contributed by atoms with E-state index in [0.717, 1.165) is 13.1 Å². The molecule has 4 heteroatoms. The molecule has 2 saturated heterocycles. The van der Waals surface area contributed by atoms with Gasteiger partial charge in [-0.1, -0.05) is 11.6 Å². The highest BCUT2D eigenvalue weighted by molar-refractivity contribution is 6.30. The van der Waals surface area contributed by atoms with Crippen LogP contribution in [-0.4, -0.2) is 47.8 Å². The molecule has 2 aliphatic heterocycles. The quantitative estimate of drug-likeness (QED) is 0.612.